The van der Waals surface area contributed by atoms with Crippen molar-refractivity contribution in [3.8, 4) is 22.5 Å². The molecule has 48 heavy (non-hydrogen) atoms. The number of nitrogens with zero attached hydrogens (tertiary/aromatic N) is 2. The van der Waals surface area contributed by atoms with E-state index in [4.69, 9.17) is 4.42 Å². The molecule has 0 bridgehead atoms. The molecule has 11 aromatic rings. The first-order valence-electron chi connectivity index (χ1n) is 16.3. The van der Waals surface area contributed by atoms with Gasteiger partial charge < -0.3 is 8.98 Å². The van der Waals surface area contributed by atoms with Gasteiger partial charge in [0.15, 0.2) is 0 Å². The number of para-hydroxylation sites is 2. The van der Waals surface area contributed by atoms with E-state index in [1.807, 2.05) is 17.4 Å². The standard InChI is InChI=1S/C44H26N2OS/c1-2-13-30(14-3-1)45-37-23-21-28(25-34(37)41-32-16-6-8-19-39(32)47-43(41)45)29-22-24-38-35(26-29)42-33-17-7-9-20-40(33)48-44(42)46(38)36-18-10-12-27-11-4-5-15-31(27)36/h1-26H. The fourth-order valence-corrected chi connectivity index (χ4v) is 9.06. The van der Waals surface area contributed by atoms with Gasteiger partial charge in [0.2, 0.25) is 5.71 Å². The Kier molecular flexibility index (Phi) is 5.26. The van der Waals surface area contributed by atoms with Crippen molar-refractivity contribution in [3.05, 3.63) is 158 Å². The number of thiophene rings is 1. The molecule has 0 fully saturated rings. The van der Waals surface area contributed by atoms with Crippen LogP contribution in [0.25, 0.3) is 97.5 Å². The number of rotatable bonds is 3. The molecule has 4 aromatic heterocycles. The molecule has 0 amide bonds. The van der Waals surface area contributed by atoms with Gasteiger partial charge in [0.25, 0.3) is 0 Å². The predicted molar refractivity (Wildman–Crippen MR) is 203 cm³/mol. The van der Waals surface area contributed by atoms with E-state index in [2.05, 4.69) is 161 Å². The molecule has 4 heterocycles. The van der Waals surface area contributed by atoms with Crippen LogP contribution < -0.4 is 0 Å². The summed E-state index contributed by atoms with van der Waals surface area (Å²) >= 11 is 1.87. The molecule has 11 rings (SSSR count). The smallest absolute Gasteiger partial charge is 0.213 e. The lowest BCUT2D eigenvalue weighted by Gasteiger charge is -2.11. The van der Waals surface area contributed by atoms with Gasteiger partial charge in [0, 0.05) is 42.7 Å². The van der Waals surface area contributed by atoms with Crippen molar-refractivity contribution in [2.24, 2.45) is 0 Å². The molecule has 0 aliphatic rings. The second-order valence-corrected chi connectivity index (χ2v) is 13.6. The van der Waals surface area contributed by atoms with Crippen LogP contribution in [-0.4, -0.2) is 9.13 Å². The molecule has 224 valence electrons. The van der Waals surface area contributed by atoms with Crippen LogP contribution in [0.2, 0.25) is 0 Å². The van der Waals surface area contributed by atoms with Crippen LogP contribution in [0.1, 0.15) is 0 Å². The summed E-state index contributed by atoms with van der Waals surface area (Å²) < 4.78 is 12.6. The van der Waals surface area contributed by atoms with Gasteiger partial charge in [-0.05, 0) is 71.1 Å². The molecule has 0 aliphatic heterocycles. The topological polar surface area (TPSA) is 23.0 Å². The predicted octanol–water partition coefficient (Wildman–Crippen LogP) is 12.7. The Balaban J connectivity index is 1.20. The van der Waals surface area contributed by atoms with Gasteiger partial charge >= 0.3 is 0 Å². The summed E-state index contributed by atoms with van der Waals surface area (Å²) in [5.74, 6) is 0. The van der Waals surface area contributed by atoms with Crippen molar-refractivity contribution < 1.29 is 4.42 Å². The first-order valence-corrected chi connectivity index (χ1v) is 17.1. The zero-order chi connectivity index (χ0) is 31.3. The van der Waals surface area contributed by atoms with Crippen molar-refractivity contribution in [1.29, 1.82) is 0 Å². The third kappa shape index (κ3) is 3.52. The maximum absolute atomic E-state index is 6.54. The van der Waals surface area contributed by atoms with Gasteiger partial charge in [-0.1, -0.05) is 103 Å². The van der Waals surface area contributed by atoms with E-state index in [1.165, 1.54) is 64.2 Å². The van der Waals surface area contributed by atoms with E-state index in [1.54, 1.807) is 0 Å². The van der Waals surface area contributed by atoms with Crippen molar-refractivity contribution >= 4 is 86.3 Å². The third-order valence-electron chi connectivity index (χ3n) is 9.93. The monoisotopic (exact) mass is 630 g/mol. The van der Waals surface area contributed by atoms with E-state index in [0.29, 0.717) is 0 Å². The zero-order valence-electron chi connectivity index (χ0n) is 25.7. The summed E-state index contributed by atoms with van der Waals surface area (Å²) in [5, 5.41) is 9.88. The average Bonchev–Trinajstić information content (AvgIpc) is 3.87. The fraction of sp³-hybridized carbons (Fsp3) is 0. The molecule has 0 aliphatic carbocycles. The molecule has 0 atom stereocenters. The van der Waals surface area contributed by atoms with E-state index < -0.39 is 0 Å². The summed E-state index contributed by atoms with van der Waals surface area (Å²) in [4.78, 5) is 1.28. The largest absolute Gasteiger partial charge is 0.439 e. The van der Waals surface area contributed by atoms with E-state index >= 15 is 0 Å². The lowest BCUT2D eigenvalue weighted by Crippen LogP contribution is -1.94. The van der Waals surface area contributed by atoms with Crippen LogP contribution >= 0.6 is 11.3 Å². The molecule has 0 N–H and O–H groups in total. The van der Waals surface area contributed by atoms with Crippen molar-refractivity contribution in [3.63, 3.8) is 0 Å². The van der Waals surface area contributed by atoms with Gasteiger partial charge in [0.05, 0.1) is 22.1 Å². The maximum atomic E-state index is 6.54. The van der Waals surface area contributed by atoms with Crippen molar-refractivity contribution in [2.45, 2.75) is 0 Å². The molecule has 0 saturated carbocycles. The molecule has 0 unspecified atom stereocenters. The van der Waals surface area contributed by atoms with Gasteiger partial charge in [0.1, 0.15) is 10.4 Å². The summed E-state index contributed by atoms with van der Waals surface area (Å²) in [6, 6.07) is 56.9. The highest BCUT2D eigenvalue weighted by molar-refractivity contribution is 7.25. The van der Waals surface area contributed by atoms with E-state index in [9.17, 15) is 0 Å². The van der Waals surface area contributed by atoms with E-state index in [-0.39, 0.29) is 0 Å². The summed E-state index contributed by atoms with van der Waals surface area (Å²) in [5.41, 5.74) is 8.83. The Morgan fingerprint density at radius 1 is 0.458 bits per heavy atom. The first kappa shape index (κ1) is 26.0. The minimum Gasteiger partial charge on any atom is -0.439 e. The minimum atomic E-state index is 0.878. The average molecular weight is 631 g/mol. The van der Waals surface area contributed by atoms with Gasteiger partial charge in [-0.25, -0.2) is 0 Å². The normalized spacial score (nSPS) is 12.2. The highest BCUT2D eigenvalue weighted by Gasteiger charge is 2.22. The lowest BCUT2D eigenvalue weighted by atomic mass is 10.00. The quantitative estimate of drug-likeness (QED) is 0.190. The van der Waals surface area contributed by atoms with Crippen LogP contribution in [0.15, 0.2) is 162 Å². The Bertz CT molecular complexity index is 3060. The Hall–Kier alpha value is -6.10. The molecular formula is C44H26N2OS. The number of hydrogen-bond donors (Lipinski definition) is 0. The lowest BCUT2D eigenvalue weighted by molar-refractivity contribution is 0.645. The van der Waals surface area contributed by atoms with Crippen LogP contribution in [-0.2, 0) is 0 Å². The zero-order valence-corrected chi connectivity index (χ0v) is 26.5. The Labute approximate surface area is 279 Å². The molecule has 4 heteroatoms. The van der Waals surface area contributed by atoms with Gasteiger partial charge in [-0.2, -0.15) is 0 Å². The number of benzene rings is 7. The molecule has 7 aromatic carbocycles. The Morgan fingerprint density at radius 3 is 1.94 bits per heavy atom. The molecule has 0 saturated heterocycles. The number of hydrogen-bond acceptors (Lipinski definition) is 2. The summed E-state index contributed by atoms with van der Waals surface area (Å²) in [6.45, 7) is 0. The van der Waals surface area contributed by atoms with Crippen molar-refractivity contribution in [1.82, 2.24) is 9.13 Å². The summed E-state index contributed by atoms with van der Waals surface area (Å²) in [6.07, 6.45) is 0. The summed E-state index contributed by atoms with van der Waals surface area (Å²) in [7, 11) is 0. The first-order chi connectivity index (χ1) is 23.8. The van der Waals surface area contributed by atoms with Crippen LogP contribution in [0.3, 0.4) is 0 Å². The number of fused-ring (bicyclic) bond motifs is 11. The Morgan fingerprint density at radius 2 is 1.10 bits per heavy atom. The fourth-order valence-electron chi connectivity index (χ4n) is 7.82. The number of furan rings is 1. The molecule has 0 spiro atoms. The molecule has 3 nitrogen and oxygen atoms in total. The second-order valence-electron chi connectivity index (χ2n) is 12.5. The van der Waals surface area contributed by atoms with Gasteiger partial charge in [-0.15, -0.1) is 11.3 Å². The highest BCUT2D eigenvalue weighted by atomic mass is 32.1. The minimum absolute atomic E-state index is 0.878. The molecular weight excluding hydrogens is 605 g/mol. The van der Waals surface area contributed by atoms with Crippen LogP contribution in [0.5, 0.6) is 0 Å². The van der Waals surface area contributed by atoms with Crippen LogP contribution in [0, 0.1) is 0 Å². The van der Waals surface area contributed by atoms with Crippen LogP contribution in [0.4, 0.5) is 0 Å². The van der Waals surface area contributed by atoms with E-state index in [0.717, 1.165) is 33.3 Å². The SMILES string of the molecule is c1ccc(-n2c3ccc(-c4ccc5c(c4)c4c6ccccc6sc4n5-c4cccc5ccccc45)cc3c3c4ccccc4oc32)cc1. The number of aromatic nitrogens is 2. The van der Waals surface area contributed by atoms with Gasteiger partial charge in [-0.3, -0.25) is 4.57 Å². The third-order valence-corrected chi connectivity index (χ3v) is 11.1. The second kappa shape index (κ2) is 9.71. The van der Waals surface area contributed by atoms with Crippen molar-refractivity contribution in [2.75, 3.05) is 0 Å². The maximum Gasteiger partial charge on any atom is 0.213 e. The molecule has 0 radical (unpaired) electrons. The highest BCUT2D eigenvalue weighted by Crippen LogP contribution is 2.45.